The summed E-state index contributed by atoms with van der Waals surface area (Å²) in [5.74, 6) is -1.98. The molecular formula is C17H23BrO4. The first-order valence-corrected chi connectivity index (χ1v) is 8.18. The van der Waals surface area contributed by atoms with Gasteiger partial charge in [-0.05, 0) is 43.4 Å². The molecule has 0 unspecified atom stereocenters. The van der Waals surface area contributed by atoms with E-state index in [1.165, 1.54) is 0 Å². The highest BCUT2D eigenvalue weighted by Crippen LogP contribution is 2.33. The van der Waals surface area contributed by atoms with Crippen molar-refractivity contribution in [2.24, 2.45) is 11.3 Å². The van der Waals surface area contributed by atoms with Gasteiger partial charge in [-0.3, -0.25) is 9.59 Å². The van der Waals surface area contributed by atoms with Crippen LogP contribution < -0.4 is 0 Å². The van der Waals surface area contributed by atoms with E-state index in [0.29, 0.717) is 6.42 Å². The van der Waals surface area contributed by atoms with Crippen LogP contribution in [-0.2, 0) is 25.5 Å². The minimum Gasteiger partial charge on any atom is -0.465 e. The number of ether oxygens (including phenoxy) is 2. The molecule has 0 amide bonds. The molecule has 1 rings (SSSR count). The largest absolute Gasteiger partial charge is 0.465 e. The van der Waals surface area contributed by atoms with E-state index in [1.807, 2.05) is 38.1 Å². The zero-order chi connectivity index (χ0) is 16.8. The Balaban J connectivity index is 3.00. The average molecular weight is 371 g/mol. The number of carbonyl (C=O) groups excluding carboxylic acids is 2. The van der Waals surface area contributed by atoms with E-state index >= 15 is 0 Å². The maximum atomic E-state index is 12.2. The first-order chi connectivity index (χ1) is 10.3. The summed E-state index contributed by atoms with van der Waals surface area (Å²) >= 11 is 3.39. The van der Waals surface area contributed by atoms with Crippen LogP contribution in [-0.4, -0.2) is 25.2 Å². The van der Waals surface area contributed by atoms with Crippen LogP contribution in [0.4, 0.5) is 0 Å². The van der Waals surface area contributed by atoms with Crippen molar-refractivity contribution in [1.82, 2.24) is 0 Å². The number of carbonyl (C=O) groups is 2. The topological polar surface area (TPSA) is 52.6 Å². The van der Waals surface area contributed by atoms with Crippen LogP contribution in [0.2, 0.25) is 0 Å². The second-order valence-electron chi connectivity index (χ2n) is 5.73. The van der Waals surface area contributed by atoms with Crippen molar-refractivity contribution in [3.05, 3.63) is 34.3 Å². The molecule has 0 aliphatic rings. The van der Waals surface area contributed by atoms with E-state index < -0.39 is 23.3 Å². The van der Waals surface area contributed by atoms with Crippen LogP contribution in [0, 0.1) is 11.3 Å². The van der Waals surface area contributed by atoms with Crippen molar-refractivity contribution in [2.45, 2.75) is 34.1 Å². The van der Waals surface area contributed by atoms with Crippen molar-refractivity contribution < 1.29 is 19.1 Å². The van der Waals surface area contributed by atoms with Gasteiger partial charge in [0.05, 0.1) is 13.2 Å². The monoisotopic (exact) mass is 370 g/mol. The summed E-state index contributed by atoms with van der Waals surface area (Å²) in [6.07, 6.45) is 0.572. The maximum absolute atomic E-state index is 12.2. The predicted octanol–water partition coefficient (Wildman–Crippen LogP) is 3.76. The number of halogens is 1. The summed E-state index contributed by atoms with van der Waals surface area (Å²) < 4.78 is 11.1. The highest BCUT2D eigenvalue weighted by atomic mass is 79.9. The van der Waals surface area contributed by atoms with Gasteiger partial charge in [-0.2, -0.15) is 0 Å². The lowest BCUT2D eigenvalue weighted by Crippen LogP contribution is -2.41. The van der Waals surface area contributed by atoms with E-state index in [9.17, 15) is 9.59 Å². The number of benzene rings is 1. The second-order valence-corrected chi connectivity index (χ2v) is 6.64. The van der Waals surface area contributed by atoms with E-state index in [0.717, 1.165) is 10.0 Å². The second kappa shape index (κ2) is 8.32. The number of rotatable bonds is 7. The molecule has 0 heterocycles. The Morgan fingerprint density at radius 2 is 1.50 bits per heavy atom. The summed E-state index contributed by atoms with van der Waals surface area (Å²) in [6, 6.07) is 7.82. The van der Waals surface area contributed by atoms with E-state index in [4.69, 9.17) is 9.47 Å². The quantitative estimate of drug-likeness (QED) is 0.541. The molecule has 0 atom stereocenters. The lowest BCUT2D eigenvalue weighted by molar-refractivity contribution is -0.167. The molecule has 0 N–H and O–H groups in total. The van der Waals surface area contributed by atoms with Crippen molar-refractivity contribution in [3.8, 4) is 0 Å². The van der Waals surface area contributed by atoms with Gasteiger partial charge in [0.15, 0.2) is 5.92 Å². The van der Waals surface area contributed by atoms with Gasteiger partial charge < -0.3 is 9.47 Å². The van der Waals surface area contributed by atoms with Gasteiger partial charge in [-0.15, -0.1) is 0 Å². The third kappa shape index (κ3) is 5.13. The molecule has 22 heavy (non-hydrogen) atoms. The molecule has 0 aliphatic carbocycles. The lowest BCUT2D eigenvalue weighted by atomic mass is 9.74. The van der Waals surface area contributed by atoms with Crippen LogP contribution in [0.5, 0.6) is 0 Å². The third-order valence-corrected chi connectivity index (χ3v) is 3.93. The zero-order valence-electron chi connectivity index (χ0n) is 13.5. The SMILES string of the molecule is CCOC(=O)C(C(=O)OCC)C(C)(C)Cc1ccc(Br)cc1. The molecule has 0 aliphatic heterocycles. The first kappa shape index (κ1) is 18.7. The lowest BCUT2D eigenvalue weighted by Gasteiger charge is -2.31. The predicted molar refractivity (Wildman–Crippen MR) is 88.4 cm³/mol. The fraction of sp³-hybridized carbons (Fsp3) is 0.529. The van der Waals surface area contributed by atoms with Crippen LogP contribution in [0.25, 0.3) is 0 Å². The highest BCUT2D eigenvalue weighted by molar-refractivity contribution is 9.10. The Hall–Kier alpha value is -1.36. The normalized spacial score (nSPS) is 11.4. The molecule has 0 saturated carbocycles. The van der Waals surface area contributed by atoms with Crippen LogP contribution >= 0.6 is 15.9 Å². The average Bonchev–Trinajstić information content (AvgIpc) is 2.41. The Morgan fingerprint density at radius 3 is 1.91 bits per heavy atom. The molecule has 0 fully saturated rings. The molecule has 122 valence electrons. The Kier molecular flexibility index (Phi) is 7.07. The molecule has 0 radical (unpaired) electrons. The summed E-state index contributed by atoms with van der Waals surface area (Å²) in [6.45, 7) is 7.69. The van der Waals surface area contributed by atoms with Crippen molar-refractivity contribution in [2.75, 3.05) is 13.2 Å². The van der Waals surface area contributed by atoms with Gasteiger partial charge in [-0.25, -0.2) is 0 Å². The molecule has 0 bridgehead atoms. The number of hydrogen-bond donors (Lipinski definition) is 0. The van der Waals surface area contributed by atoms with Crippen molar-refractivity contribution in [1.29, 1.82) is 0 Å². The van der Waals surface area contributed by atoms with Crippen LogP contribution in [0.3, 0.4) is 0 Å². The van der Waals surface area contributed by atoms with Gasteiger partial charge >= 0.3 is 11.9 Å². The van der Waals surface area contributed by atoms with E-state index in [1.54, 1.807) is 13.8 Å². The molecule has 0 aromatic heterocycles. The standard InChI is InChI=1S/C17H23BrO4/c1-5-21-15(19)14(16(20)22-6-2)17(3,4)11-12-7-9-13(18)10-8-12/h7-10,14H,5-6,11H2,1-4H3. The summed E-state index contributed by atoms with van der Waals surface area (Å²) in [5.41, 5.74) is 0.443. The molecule has 5 heteroatoms. The molecule has 4 nitrogen and oxygen atoms in total. The fourth-order valence-electron chi connectivity index (χ4n) is 2.42. The summed E-state index contributed by atoms with van der Waals surface area (Å²) in [5, 5.41) is 0. The minimum atomic E-state index is -0.934. The smallest absolute Gasteiger partial charge is 0.320 e. The van der Waals surface area contributed by atoms with E-state index in [2.05, 4.69) is 15.9 Å². The van der Waals surface area contributed by atoms with Gasteiger partial charge in [0.25, 0.3) is 0 Å². The number of hydrogen-bond acceptors (Lipinski definition) is 4. The van der Waals surface area contributed by atoms with Crippen molar-refractivity contribution >= 4 is 27.9 Å². The highest BCUT2D eigenvalue weighted by Gasteiger charge is 2.43. The molecule has 0 spiro atoms. The van der Waals surface area contributed by atoms with Gasteiger partial charge in [0, 0.05) is 4.47 Å². The Labute approximate surface area is 140 Å². The molecule has 1 aromatic carbocycles. The minimum absolute atomic E-state index is 0.239. The Bertz CT molecular complexity index is 490. The van der Waals surface area contributed by atoms with Gasteiger partial charge in [-0.1, -0.05) is 41.9 Å². The third-order valence-electron chi connectivity index (χ3n) is 3.40. The van der Waals surface area contributed by atoms with Crippen LogP contribution in [0.1, 0.15) is 33.3 Å². The number of esters is 2. The zero-order valence-corrected chi connectivity index (χ0v) is 15.1. The summed E-state index contributed by atoms with van der Waals surface area (Å²) in [4.78, 5) is 24.4. The molecule has 1 aromatic rings. The first-order valence-electron chi connectivity index (χ1n) is 7.39. The van der Waals surface area contributed by atoms with Crippen molar-refractivity contribution in [3.63, 3.8) is 0 Å². The van der Waals surface area contributed by atoms with E-state index in [-0.39, 0.29) is 13.2 Å². The Morgan fingerprint density at radius 1 is 1.05 bits per heavy atom. The van der Waals surface area contributed by atoms with Crippen LogP contribution in [0.15, 0.2) is 28.7 Å². The van der Waals surface area contributed by atoms with Gasteiger partial charge in [0.1, 0.15) is 0 Å². The summed E-state index contributed by atoms with van der Waals surface area (Å²) in [7, 11) is 0. The van der Waals surface area contributed by atoms with Gasteiger partial charge in [0.2, 0.25) is 0 Å². The fourth-order valence-corrected chi connectivity index (χ4v) is 2.68. The molecule has 0 saturated heterocycles. The molecular weight excluding hydrogens is 348 g/mol. The maximum Gasteiger partial charge on any atom is 0.320 e.